The molecular formula is C25H27BrF3NO5S2. The van der Waals surface area contributed by atoms with E-state index in [0.717, 1.165) is 12.1 Å². The van der Waals surface area contributed by atoms with Gasteiger partial charge in [-0.2, -0.15) is 13.2 Å². The SMILES string of the molecule is CC(C)(C1CCN(C(=O)c2ccc(Br)cc2S(=O)(=O)C2CC2)CC1)S(=O)(=O)c1cccc(C(F)(F)F)c1. The Morgan fingerprint density at radius 2 is 1.57 bits per heavy atom. The van der Waals surface area contributed by atoms with E-state index in [-0.39, 0.29) is 23.5 Å². The van der Waals surface area contributed by atoms with E-state index in [2.05, 4.69) is 15.9 Å². The van der Waals surface area contributed by atoms with Gasteiger partial charge in [0.05, 0.1) is 30.9 Å². The molecule has 1 aliphatic heterocycles. The fourth-order valence-electron chi connectivity index (χ4n) is 4.78. The van der Waals surface area contributed by atoms with Crippen molar-refractivity contribution in [2.45, 2.75) is 65.5 Å². The zero-order chi connectivity index (χ0) is 27.4. The van der Waals surface area contributed by atoms with Gasteiger partial charge in [0, 0.05) is 17.6 Å². The van der Waals surface area contributed by atoms with Crippen molar-refractivity contribution >= 4 is 41.5 Å². The van der Waals surface area contributed by atoms with Crippen LogP contribution in [-0.2, 0) is 25.9 Å². The van der Waals surface area contributed by atoms with Gasteiger partial charge in [0.25, 0.3) is 5.91 Å². The highest BCUT2D eigenvalue weighted by atomic mass is 79.9. The average molecular weight is 623 g/mol. The molecule has 202 valence electrons. The van der Waals surface area contributed by atoms with E-state index in [1.807, 2.05) is 0 Å². The lowest BCUT2D eigenvalue weighted by Crippen LogP contribution is -2.47. The highest BCUT2D eigenvalue weighted by Crippen LogP contribution is 2.40. The number of carbonyl (C=O) groups is 1. The van der Waals surface area contributed by atoms with E-state index in [1.54, 1.807) is 6.07 Å². The lowest BCUT2D eigenvalue weighted by molar-refractivity contribution is -0.137. The van der Waals surface area contributed by atoms with Crippen LogP contribution in [0.15, 0.2) is 56.7 Å². The Balaban J connectivity index is 1.53. The molecule has 1 heterocycles. The van der Waals surface area contributed by atoms with Gasteiger partial charge in [-0.05, 0) is 81.8 Å². The molecule has 1 saturated heterocycles. The second-order valence-electron chi connectivity index (χ2n) is 10.1. The number of likely N-dealkylation sites (tertiary alicyclic amines) is 1. The summed E-state index contributed by atoms with van der Waals surface area (Å²) in [5.41, 5.74) is -0.944. The molecule has 0 spiro atoms. The molecule has 37 heavy (non-hydrogen) atoms. The topological polar surface area (TPSA) is 88.6 Å². The fourth-order valence-corrected chi connectivity index (χ4v) is 8.98. The maximum atomic E-state index is 13.4. The van der Waals surface area contributed by atoms with Crippen molar-refractivity contribution in [3.8, 4) is 0 Å². The standard InChI is InChI=1S/C25H27BrF3NO5S2/c1-24(2,37(34,35)20-5-3-4-17(14-20)25(27,28)29)16-10-12-30(13-11-16)23(31)21-9-6-18(26)15-22(21)36(32,33)19-7-8-19/h3-6,9,14-16,19H,7-8,10-13H2,1-2H3. The number of nitrogens with zero attached hydrogens (tertiary/aromatic N) is 1. The van der Waals surface area contributed by atoms with Gasteiger partial charge in [-0.3, -0.25) is 4.79 Å². The number of halogens is 4. The van der Waals surface area contributed by atoms with E-state index in [4.69, 9.17) is 0 Å². The summed E-state index contributed by atoms with van der Waals surface area (Å²) in [6.07, 6.45) is -2.94. The number of carbonyl (C=O) groups excluding carboxylic acids is 1. The van der Waals surface area contributed by atoms with Gasteiger partial charge < -0.3 is 4.90 Å². The van der Waals surface area contributed by atoms with E-state index in [9.17, 15) is 34.8 Å². The summed E-state index contributed by atoms with van der Waals surface area (Å²) in [6.45, 7) is 3.40. The molecular weight excluding hydrogens is 595 g/mol. The molecule has 1 aliphatic carbocycles. The smallest absolute Gasteiger partial charge is 0.339 e. The Morgan fingerprint density at radius 3 is 2.14 bits per heavy atom. The fraction of sp³-hybridized carbons (Fsp3) is 0.480. The van der Waals surface area contributed by atoms with Gasteiger partial charge in [-0.1, -0.05) is 22.0 Å². The zero-order valence-electron chi connectivity index (χ0n) is 20.3. The van der Waals surface area contributed by atoms with Gasteiger partial charge in [0.15, 0.2) is 19.7 Å². The number of sulfone groups is 2. The van der Waals surface area contributed by atoms with Gasteiger partial charge in [-0.25, -0.2) is 16.8 Å². The van der Waals surface area contributed by atoms with Crippen molar-refractivity contribution in [1.29, 1.82) is 0 Å². The third kappa shape index (κ3) is 5.34. The van der Waals surface area contributed by atoms with E-state index < -0.39 is 58.1 Å². The summed E-state index contributed by atoms with van der Waals surface area (Å²) >= 11 is 3.28. The molecule has 0 bridgehead atoms. The Morgan fingerprint density at radius 1 is 0.946 bits per heavy atom. The molecule has 6 nitrogen and oxygen atoms in total. The zero-order valence-corrected chi connectivity index (χ0v) is 23.5. The first-order valence-electron chi connectivity index (χ1n) is 11.8. The molecule has 0 radical (unpaired) electrons. The summed E-state index contributed by atoms with van der Waals surface area (Å²) in [6, 6.07) is 8.27. The maximum absolute atomic E-state index is 13.4. The lowest BCUT2D eigenvalue weighted by atomic mass is 9.85. The highest BCUT2D eigenvalue weighted by Gasteiger charge is 2.45. The number of rotatable bonds is 6. The third-order valence-corrected chi connectivity index (χ3v) is 12.8. The lowest BCUT2D eigenvalue weighted by Gasteiger charge is -2.40. The van der Waals surface area contributed by atoms with E-state index in [0.29, 0.717) is 36.2 Å². The average Bonchev–Trinajstić information content (AvgIpc) is 3.69. The molecule has 1 saturated carbocycles. The summed E-state index contributed by atoms with van der Waals surface area (Å²) in [7, 11) is -7.77. The minimum Gasteiger partial charge on any atom is -0.339 e. The maximum Gasteiger partial charge on any atom is 0.416 e. The second-order valence-corrected chi connectivity index (χ2v) is 15.7. The van der Waals surface area contributed by atoms with Crippen molar-refractivity contribution in [2.24, 2.45) is 5.92 Å². The van der Waals surface area contributed by atoms with Crippen LogP contribution in [0, 0.1) is 5.92 Å². The molecule has 12 heteroatoms. The van der Waals surface area contributed by atoms with Crippen LogP contribution >= 0.6 is 15.9 Å². The van der Waals surface area contributed by atoms with Crippen molar-refractivity contribution in [2.75, 3.05) is 13.1 Å². The quantitative estimate of drug-likeness (QED) is 0.424. The van der Waals surface area contributed by atoms with Crippen molar-refractivity contribution in [3.05, 3.63) is 58.1 Å². The van der Waals surface area contributed by atoms with Gasteiger partial charge in [0.2, 0.25) is 0 Å². The minimum atomic E-state index is -4.67. The van der Waals surface area contributed by atoms with Crippen LogP contribution in [0.2, 0.25) is 0 Å². The number of amides is 1. The molecule has 4 rings (SSSR count). The molecule has 2 fully saturated rings. The van der Waals surface area contributed by atoms with Crippen LogP contribution in [0.25, 0.3) is 0 Å². The Kier molecular flexibility index (Phi) is 7.35. The summed E-state index contributed by atoms with van der Waals surface area (Å²) in [4.78, 5) is 14.5. The number of hydrogen-bond donors (Lipinski definition) is 0. The summed E-state index contributed by atoms with van der Waals surface area (Å²) in [5.74, 6) is -0.862. The first kappa shape index (κ1) is 28.1. The number of alkyl halides is 3. The molecule has 0 atom stereocenters. The molecule has 0 aromatic heterocycles. The normalized spacial score (nSPS) is 18.2. The third-order valence-electron chi connectivity index (χ3n) is 7.37. The van der Waals surface area contributed by atoms with Gasteiger partial charge in [0.1, 0.15) is 0 Å². The Bertz CT molecular complexity index is 1430. The van der Waals surface area contributed by atoms with Crippen molar-refractivity contribution in [1.82, 2.24) is 4.90 Å². The van der Waals surface area contributed by atoms with Crippen LogP contribution in [0.3, 0.4) is 0 Å². The molecule has 0 unspecified atom stereocenters. The number of hydrogen-bond acceptors (Lipinski definition) is 5. The van der Waals surface area contributed by atoms with Crippen molar-refractivity contribution < 1.29 is 34.8 Å². The van der Waals surface area contributed by atoms with Crippen LogP contribution < -0.4 is 0 Å². The van der Waals surface area contributed by atoms with Gasteiger partial charge in [-0.15, -0.1) is 0 Å². The van der Waals surface area contributed by atoms with Crippen LogP contribution in [0.5, 0.6) is 0 Å². The predicted molar refractivity (Wildman–Crippen MR) is 136 cm³/mol. The number of benzene rings is 2. The first-order chi connectivity index (χ1) is 17.1. The molecule has 2 aromatic rings. The van der Waals surface area contributed by atoms with E-state index in [1.165, 1.54) is 36.9 Å². The molecule has 1 amide bonds. The second kappa shape index (κ2) is 9.68. The monoisotopic (exact) mass is 621 g/mol. The predicted octanol–water partition coefficient (Wildman–Crippen LogP) is 5.51. The van der Waals surface area contributed by atoms with Crippen LogP contribution in [0.1, 0.15) is 55.5 Å². The Hall–Kier alpha value is -1.92. The Labute approximate surface area is 223 Å². The van der Waals surface area contributed by atoms with Crippen LogP contribution in [0.4, 0.5) is 13.2 Å². The van der Waals surface area contributed by atoms with Crippen LogP contribution in [-0.4, -0.2) is 50.7 Å². The summed E-state index contributed by atoms with van der Waals surface area (Å²) in [5, 5.41) is -0.485. The molecule has 2 aromatic carbocycles. The van der Waals surface area contributed by atoms with Gasteiger partial charge >= 0.3 is 6.18 Å². The number of piperidine rings is 1. The molecule has 0 N–H and O–H groups in total. The first-order valence-corrected chi connectivity index (χ1v) is 15.6. The van der Waals surface area contributed by atoms with Crippen molar-refractivity contribution in [3.63, 3.8) is 0 Å². The highest BCUT2D eigenvalue weighted by molar-refractivity contribution is 9.10. The van der Waals surface area contributed by atoms with E-state index >= 15 is 0 Å². The largest absolute Gasteiger partial charge is 0.416 e. The minimum absolute atomic E-state index is 0.0102. The molecule has 2 aliphatic rings. The summed E-state index contributed by atoms with van der Waals surface area (Å²) < 4.78 is 91.4.